The highest BCUT2D eigenvalue weighted by molar-refractivity contribution is 4.74. The number of hydrogen-bond donors (Lipinski definition) is 2. The molecule has 9 heavy (non-hydrogen) atoms. The first-order valence-electron chi connectivity index (χ1n) is 3.61. The Balaban J connectivity index is 3.62. The van der Waals surface area contributed by atoms with Crippen LogP contribution in [-0.4, -0.2) is 17.3 Å². The molecule has 0 aromatic heterocycles. The van der Waals surface area contributed by atoms with Gasteiger partial charge in [0.2, 0.25) is 0 Å². The fraction of sp³-hybridized carbons (Fsp3) is 1.00. The average Bonchev–Trinajstić information content (AvgIpc) is 1.89. The van der Waals surface area contributed by atoms with Crippen molar-refractivity contribution in [1.29, 1.82) is 0 Å². The third-order valence-corrected chi connectivity index (χ3v) is 1.93. The van der Waals surface area contributed by atoms with E-state index in [-0.39, 0.29) is 0 Å². The third kappa shape index (κ3) is 2.82. The second kappa shape index (κ2) is 3.85. The van der Waals surface area contributed by atoms with E-state index in [2.05, 4.69) is 0 Å². The smallest absolute Gasteiger partial charge is 0.0654 e. The fourth-order valence-electron chi connectivity index (χ4n) is 0.872. The summed E-state index contributed by atoms with van der Waals surface area (Å²) in [6.45, 7) is 4.55. The zero-order valence-corrected chi connectivity index (χ0v) is 6.35. The van der Waals surface area contributed by atoms with Crippen LogP contribution >= 0.6 is 0 Å². The summed E-state index contributed by atoms with van der Waals surface area (Å²) < 4.78 is 0. The Morgan fingerprint density at radius 3 is 1.89 bits per heavy atom. The van der Waals surface area contributed by atoms with E-state index in [0.717, 1.165) is 19.3 Å². The van der Waals surface area contributed by atoms with Crippen molar-refractivity contribution >= 4 is 0 Å². The van der Waals surface area contributed by atoms with E-state index in [1.54, 1.807) is 0 Å². The molecular weight excluding hydrogens is 114 g/mol. The minimum Gasteiger partial charge on any atom is -0.390 e. The Morgan fingerprint density at radius 2 is 1.78 bits per heavy atom. The predicted molar refractivity (Wildman–Crippen MR) is 39.2 cm³/mol. The Bertz CT molecular complexity index is 69.3. The van der Waals surface area contributed by atoms with E-state index in [9.17, 15) is 5.11 Å². The van der Waals surface area contributed by atoms with E-state index in [4.69, 9.17) is 5.73 Å². The van der Waals surface area contributed by atoms with Gasteiger partial charge in [-0.2, -0.15) is 0 Å². The summed E-state index contributed by atoms with van der Waals surface area (Å²) in [6, 6.07) is 0. The maximum Gasteiger partial charge on any atom is 0.0654 e. The van der Waals surface area contributed by atoms with E-state index >= 15 is 0 Å². The van der Waals surface area contributed by atoms with Crippen molar-refractivity contribution in [2.45, 2.75) is 38.7 Å². The molecule has 0 saturated carbocycles. The zero-order valence-electron chi connectivity index (χ0n) is 6.35. The van der Waals surface area contributed by atoms with Crippen LogP contribution in [0, 0.1) is 0 Å². The zero-order chi connectivity index (χ0) is 7.33. The normalized spacial score (nSPS) is 12.0. The van der Waals surface area contributed by atoms with Crippen LogP contribution in [0.4, 0.5) is 0 Å². The molecule has 56 valence electrons. The van der Waals surface area contributed by atoms with E-state index in [1.165, 1.54) is 0 Å². The maximum absolute atomic E-state index is 9.55. The second-order valence-corrected chi connectivity index (χ2v) is 2.47. The van der Waals surface area contributed by atoms with Crippen molar-refractivity contribution in [3.63, 3.8) is 0 Å². The van der Waals surface area contributed by atoms with Gasteiger partial charge in [0, 0.05) is 0 Å². The molecule has 0 bridgehead atoms. The molecule has 0 saturated heterocycles. The van der Waals surface area contributed by atoms with Gasteiger partial charge in [-0.05, 0) is 25.8 Å². The lowest BCUT2D eigenvalue weighted by atomic mass is 9.94. The first kappa shape index (κ1) is 8.92. The number of nitrogens with two attached hydrogens (primary N) is 1. The quantitative estimate of drug-likeness (QED) is 0.595. The van der Waals surface area contributed by atoms with Crippen LogP contribution in [0.1, 0.15) is 33.1 Å². The van der Waals surface area contributed by atoms with Gasteiger partial charge in [-0.15, -0.1) is 0 Å². The molecule has 0 unspecified atom stereocenters. The summed E-state index contributed by atoms with van der Waals surface area (Å²) in [5, 5.41) is 9.55. The Labute approximate surface area is 57.1 Å². The van der Waals surface area contributed by atoms with Gasteiger partial charge >= 0.3 is 0 Å². The molecular formula is C7H17NO. The number of hydrogen-bond acceptors (Lipinski definition) is 2. The predicted octanol–water partition coefficient (Wildman–Crippen LogP) is 0.886. The average molecular weight is 131 g/mol. The summed E-state index contributed by atoms with van der Waals surface area (Å²) in [6.07, 6.45) is 2.33. The van der Waals surface area contributed by atoms with Crippen molar-refractivity contribution in [1.82, 2.24) is 0 Å². The molecule has 2 nitrogen and oxygen atoms in total. The Morgan fingerprint density at radius 1 is 1.33 bits per heavy atom. The standard InChI is InChI=1S/C7H17NO/c1-3-7(9,4-2)5-6-8/h9H,3-6,8H2,1-2H3. The van der Waals surface area contributed by atoms with Gasteiger partial charge < -0.3 is 10.8 Å². The molecule has 0 amide bonds. The van der Waals surface area contributed by atoms with Crippen LogP contribution in [0.3, 0.4) is 0 Å². The van der Waals surface area contributed by atoms with E-state index in [0.29, 0.717) is 6.54 Å². The first-order chi connectivity index (χ1) is 4.18. The molecule has 0 radical (unpaired) electrons. The topological polar surface area (TPSA) is 46.2 Å². The SMILES string of the molecule is CCC(O)(CC)CCN. The van der Waals surface area contributed by atoms with Gasteiger partial charge in [-0.3, -0.25) is 0 Å². The van der Waals surface area contributed by atoms with Gasteiger partial charge in [-0.1, -0.05) is 13.8 Å². The van der Waals surface area contributed by atoms with Gasteiger partial charge in [0.05, 0.1) is 5.60 Å². The fourth-order valence-corrected chi connectivity index (χ4v) is 0.872. The molecule has 0 aromatic carbocycles. The third-order valence-electron chi connectivity index (χ3n) is 1.93. The van der Waals surface area contributed by atoms with Crippen molar-refractivity contribution in [2.24, 2.45) is 5.73 Å². The van der Waals surface area contributed by atoms with Crippen LogP contribution in [0.15, 0.2) is 0 Å². The lowest BCUT2D eigenvalue weighted by Crippen LogP contribution is -2.29. The largest absolute Gasteiger partial charge is 0.390 e. The first-order valence-corrected chi connectivity index (χ1v) is 3.61. The molecule has 2 heteroatoms. The molecule has 3 N–H and O–H groups in total. The van der Waals surface area contributed by atoms with Crippen LogP contribution in [0.25, 0.3) is 0 Å². The van der Waals surface area contributed by atoms with Crippen LogP contribution in [0.2, 0.25) is 0 Å². The Kier molecular flexibility index (Phi) is 3.82. The minimum atomic E-state index is -0.491. The van der Waals surface area contributed by atoms with Crippen LogP contribution in [-0.2, 0) is 0 Å². The summed E-state index contributed by atoms with van der Waals surface area (Å²) in [7, 11) is 0. The van der Waals surface area contributed by atoms with Gasteiger partial charge in [-0.25, -0.2) is 0 Å². The molecule has 0 fully saturated rings. The van der Waals surface area contributed by atoms with Gasteiger partial charge in [0.25, 0.3) is 0 Å². The molecule has 0 rings (SSSR count). The molecule has 0 aromatic rings. The lowest BCUT2D eigenvalue weighted by Gasteiger charge is -2.23. The molecule has 0 atom stereocenters. The van der Waals surface area contributed by atoms with E-state index < -0.39 is 5.60 Å². The van der Waals surface area contributed by atoms with Crippen LogP contribution < -0.4 is 5.73 Å². The molecule has 0 heterocycles. The summed E-state index contributed by atoms with van der Waals surface area (Å²) in [5.41, 5.74) is 4.81. The van der Waals surface area contributed by atoms with Crippen molar-refractivity contribution in [3.8, 4) is 0 Å². The summed E-state index contributed by atoms with van der Waals surface area (Å²) in [5.74, 6) is 0. The van der Waals surface area contributed by atoms with Crippen LogP contribution in [0.5, 0.6) is 0 Å². The second-order valence-electron chi connectivity index (χ2n) is 2.47. The highest BCUT2D eigenvalue weighted by atomic mass is 16.3. The van der Waals surface area contributed by atoms with Gasteiger partial charge in [0.15, 0.2) is 0 Å². The van der Waals surface area contributed by atoms with Crippen molar-refractivity contribution in [2.75, 3.05) is 6.54 Å². The monoisotopic (exact) mass is 131 g/mol. The molecule has 0 aliphatic rings. The highest BCUT2D eigenvalue weighted by Crippen LogP contribution is 2.17. The van der Waals surface area contributed by atoms with Crippen molar-refractivity contribution < 1.29 is 5.11 Å². The minimum absolute atomic E-state index is 0.491. The Hall–Kier alpha value is -0.0800. The molecule has 0 spiro atoms. The van der Waals surface area contributed by atoms with Gasteiger partial charge in [0.1, 0.15) is 0 Å². The number of aliphatic hydroxyl groups is 1. The maximum atomic E-state index is 9.55. The number of rotatable bonds is 4. The van der Waals surface area contributed by atoms with Crippen molar-refractivity contribution in [3.05, 3.63) is 0 Å². The highest BCUT2D eigenvalue weighted by Gasteiger charge is 2.19. The molecule has 0 aliphatic heterocycles. The summed E-state index contributed by atoms with van der Waals surface area (Å²) in [4.78, 5) is 0. The van der Waals surface area contributed by atoms with E-state index in [1.807, 2.05) is 13.8 Å². The summed E-state index contributed by atoms with van der Waals surface area (Å²) >= 11 is 0. The lowest BCUT2D eigenvalue weighted by molar-refractivity contribution is 0.0261. The molecule has 0 aliphatic carbocycles.